The standard InChI is InChI=1S/C7H15NO2Si/c1-7(2,3)11(4,5)10-8-6-9/h1-5H3. The van der Waals surface area contributed by atoms with Crippen LogP contribution in [-0.4, -0.2) is 14.4 Å². The maximum atomic E-state index is 9.78. The molecule has 0 aromatic carbocycles. The largest absolute Gasteiger partial charge is 0.445 e. The van der Waals surface area contributed by atoms with Crippen LogP contribution in [0.4, 0.5) is 0 Å². The van der Waals surface area contributed by atoms with Crippen LogP contribution in [0.15, 0.2) is 5.16 Å². The van der Waals surface area contributed by atoms with Gasteiger partial charge in [0.15, 0.2) is 0 Å². The average molecular weight is 173 g/mol. The molecule has 0 aliphatic rings. The number of isocyanates is 1. The molecule has 0 aromatic rings. The van der Waals surface area contributed by atoms with Crippen molar-refractivity contribution in [3.8, 4) is 0 Å². The molecule has 0 amide bonds. The molecule has 0 spiro atoms. The summed E-state index contributed by atoms with van der Waals surface area (Å²) in [5.74, 6) is 0. The van der Waals surface area contributed by atoms with Crippen LogP contribution in [0, 0.1) is 0 Å². The molecular weight excluding hydrogens is 158 g/mol. The average Bonchev–Trinajstić information content (AvgIpc) is 1.81. The molecule has 0 aliphatic carbocycles. The summed E-state index contributed by atoms with van der Waals surface area (Å²) in [5, 5.41) is 3.26. The highest BCUT2D eigenvalue weighted by Crippen LogP contribution is 2.36. The first-order valence-electron chi connectivity index (χ1n) is 3.56. The van der Waals surface area contributed by atoms with Gasteiger partial charge < -0.3 is 4.53 Å². The Morgan fingerprint density at radius 2 is 1.82 bits per heavy atom. The Morgan fingerprint density at radius 3 is 2.09 bits per heavy atom. The quantitative estimate of drug-likeness (QED) is 0.278. The van der Waals surface area contributed by atoms with E-state index < -0.39 is 8.32 Å². The summed E-state index contributed by atoms with van der Waals surface area (Å²) < 4.78 is 5.08. The Bertz CT molecular complexity index is 177. The minimum Gasteiger partial charge on any atom is -0.445 e. The molecule has 0 bridgehead atoms. The first-order chi connectivity index (χ1) is 4.81. The minimum absolute atomic E-state index is 0.0906. The second-order valence-corrected chi connectivity index (χ2v) is 8.74. The lowest BCUT2D eigenvalue weighted by Gasteiger charge is -2.32. The lowest BCUT2D eigenvalue weighted by Crippen LogP contribution is -2.39. The predicted octanol–water partition coefficient (Wildman–Crippen LogP) is 2.26. The maximum Gasteiger partial charge on any atom is 0.287 e. The van der Waals surface area contributed by atoms with Gasteiger partial charge in [-0.25, -0.2) is 4.79 Å². The second kappa shape index (κ2) is 3.20. The van der Waals surface area contributed by atoms with E-state index in [-0.39, 0.29) is 5.04 Å². The van der Waals surface area contributed by atoms with E-state index >= 15 is 0 Å². The van der Waals surface area contributed by atoms with E-state index in [1.807, 2.05) is 13.1 Å². The fourth-order valence-electron chi connectivity index (χ4n) is 0.270. The van der Waals surface area contributed by atoms with Crippen molar-refractivity contribution < 1.29 is 9.32 Å². The number of hydrogen-bond donors (Lipinski definition) is 0. The summed E-state index contributed by atoms with van der Waals surface area (Å²) in [7, 11) is -1.86. The van der Waals surface area contributed by atoms with E-state index in [4.69, 9.17) is 4.53 Å². The smallest absolute Gasteiger partial charge is 0.287 e. The maximum absolute atomic E-state index is 9.78. The van der Waals surface area contributed by atoms with E-state index in [1.165, 1.54) is 6.08 Å². The molecule has 0 unspecified atom stereocenters. The third-order valence-electron chi connectivity index (χ3n) is 2.12. The summed E-state index contributed by atoms with van der Waals surface area (Å²) in [6.07, 6.45) is 1.38. The summed E-state index contributed by atoms with van der Waals surface area (Å²) >= 11 is 0. The van der Waals surface area contributed by atoms with Crippen LogP contribution in [0.1, 0.15) is 20.8 Å². The zero-order valence-electron chi connectivity index (χ0n) is 7.76. The number of carbonyl (C=O) groups excluding carboxylic acids is 1. The van der Waals surface area contributed by atoms with Crippen LogP contribution in [0.5, 0.6) is 0 Å². The molecule has 0 N–H and O–H groups in total. The van der Waals surface area contributed by atoms with Gasteiger partial charge in [-0.2, -0.15) is 0 Å². The van der Waals surface area contributed by atoms with Crippen molar-refractivity contribution in [3.05, 3.63) is 0 Å². The van der Waals surface area contributed by atoms with Crippen LogP contribution < -0.4 is 0 Å². The molecule has 0 saturated carbocycles. The Balaban J connectivity index is 4.33. The molecule has 0 heterocycles. The van der Waals surface area contributed by atoms with Crippen molar-refractivity contribution in [2.75, 3.05) is 0 Å². The number of rotatable bonds is 2. The van der Waals surface area contributed by atoms with Gasteiger partial charge in [-0.05, 0) is 23.3 Å². The van der Waals surface area contributed by atoms with Crippen molar-refractivity contribution in [1.29, 1.82) is 0 Å². The molecule has 0 aliphatic heterocycles. The topological polar surface area (TPSA) is 38.7 Å². The molecule has 0 atom stereocenters. The highest BCUT2D eigenvalue weighted by atomic mass is 28.4. The SMILES string of the molecule is CC(C)(C)[Si](C)(C)ON=C=O. The van der Waals surface area contributed by atoms with Crippen LogP contribution >= 0.6 is 0 Å². The van der Waals surface area contributed by atoms with Crippen LogP contribution in [0.25, 0.3) is 0 Å². The van der Waals surface area contributed by atoms with Crippen LogP contribution in [-0.2, 0) is 9.32 Å². The predicted molar refractivity (Wildman–Crippen MR) is 46.4 cm³/mol. The van der Waals surface area contributed by atoms with Gasteiger partial charge in [0.2, 0.25) is 0 Å². The summed E-state index contributed by atoms with van der Waals surface area (Å²) in [5.41, 5.74) is 0. The summed E-state index contributed by atoms with van der Waals surface area (Å²) in [6, 6.07) is 0. The normalized spacial score (nSPS) is 12.1. The Hall–Kier alpha value is -0.603. The van der Waals surface area contributed by atoms with Gasteiger partial charge >= 0.3 is 0 Å². The van der Waals surface area contributed by atoms with Crippen molar-refractivity contribution in [1.82, 2.24) is 0 Å². The molecule has 0 fully saturated rings. The third kappa shape index (κ3) is 2.86. The second-order valence-electron chi connectivity index (χ2n) is 4.03. The Labute approximate surface area is 68.6 Å². The molecule has 0 aromatic heterocycles. The van der Waals surface area contributed by atoms with E-state index in [2.05, 4.69) is 25.9 Å². The fourth-order valence-corrected chi connectivity index (χ4v) is 0.809. The molecule has 4 heteroatoms. The Morgan fingerprint density at radius 1 is 1.36 bits per heavy atom. The third-order valence-corrected chi connectivity index (χ3v) is 6.28. The van der Waals surface area contributed by atoms with Crippen molar-refractivity contribution in [3.63, 3.8) is 0 Å². The van der Waals surface area contributed by atoms with Crippen molar-refractivity contribution in [2.45, 2.75) is 38.9 Å². The lowest BCUT2D eigenvalue weighted by atomic mass is 10.2. The van der Waals surface area contributed by atoms with Crippen molar-refractivity contribution in [2.24, 2.45) is 5.16 Å². The number of hydrogen-bond acceptors (Lipinski definition) is 3. The first-order valence-corrected chi connectivity index (χ1v) is 6.47. The molecule has 11 heavy (non-hydrogen) atoms. The highest BCUT2D eigenvalue weighted by molar-refractivity contribution is 6.74. The number of nitrogens with zero attached hydrogens (tertiary/aromatic N) is 1. The van der Waals surface area contributed by atoms with Gasteiger partial charge in [0.05, 0.1) is 0 Å². The summed E-state index contributed by atoms with van der Waals surface area (Å²) in [6.45, 7) is 10.3. The Kier molecular flexibility index (Phi) is 3.02. The zero-order chi connectivity index (χ0) is 9.12. The van der Waals surface area contributed by atoms with E-state index in [0.29, 0.717) is 0 Å². The van der Waals surface area contributed by atoms with Crippen LogP contribution in [0.2, 0.25) is 18.1 Å². The van der Waals surface area contributed by atoms with E-state index in [0.717, 1.165) is 0 Å². The van der Waals surface area contributed by atoms with Gasteiger partial charge in [0.1, 0.15) is 0 Å². The first kappa shape index (κ1) is 10.4. The fraction of sp³-hybridized carbons (Fsp3) is 0.857. The minimum atomic E-state index is -1.86. The van der Waals surface area contributed by atoms with E-state index in [9.17, 15) is 4.79 Å². The lowest BCUT2D eigenvalue weighted by molar-refractivity contribution is 0.305. The highest BCUT2D eigenvalue weighted by Gasteiger charge is 2.39. The van der Waals surface area contributed by atoms with Crippen LogP contribution in [0.3, 0.4) is 0 Å². The molecule has 0 radical (unpaired) electrons. The van der Waals surface area contributed by atoms with Gasteiger partial charge in [0, 0.05) is 0 Å². The monoisotopic (exact) mass is 173 g/mol. The van der Waals surface area contributed by atoms with E-state index in [1.54, 1.807) is 0 Å². The molecule has 0 rings (SSSR count). The zero-order valence-corrected chi connectivity index (χ0v) is 8.76. The van der Waals surface area contributed by atoms with Gasteiger partial charge in [0.25, 0.3) is 14.4 Å². The molecule has 0 saturated heterocycles. The molecule has 3 nitrogen and oxygen atoms in total. The van der Waals surface area contributed by atoms with Gasteiger partial charge in [-0.3, -0.25) is 0 Å². The molecular formula is C7H15NO2Si. The van der Waals surface area contributed by atoms with Gasteiger partial charge in [-0.15, -0.1) is 0 Å². The van der Waals surface area contributed by atoms with Gasteiger partial charge in [-0.1, -0.05) is 20.8 Å². The molecule has 64 valence electrons. The summed E-state index contributed by atoms with van der Waals surface area (Å²) in [4.78, 5) is 9.78. The van der Waals surface area contributed by atoms with Crippen molar-refractivity contribution >= 4 is 14.4 Å².